The molecule has 0 fully saturated rings. The molecule has 0 aliphatic rings. The summed E-state index contributed by atoms with van der Waals surface area (Å²) in [5.74, 6) is 1.07. The Morgan fingerprint density at radius 3 is 1.86 bits per heavy atom. The Balaban J connectivity index is 3.12. The molecule has 1 heterocycles. The summed E-state index contributed by atoms with van der Waals surface area (Å²) in [5.41, 5.74) is 2.56. The molecule has 0 N–H and O–H groups in total. The van der Waals surface area contributed by atoms with Crippen LogP contribution in [0.15, 0.2) is 6.07 Å². The minimum Gasteiger partial charge on any atom is -0.267 e. The highest BCUT2D eigenvalue weighted by atomic mass is 15.3. The molecule has 0 atom stereocenters. The fourth-order valence-electron chi connectivity index (χ4n) is 1.56. The van der Waals surface area contributed by atoms with Crippen molar-refractivity contribution in [2.45, 2.75) is 59.4 Å². The molecule has 0 aromatic carbocycles. The number of hydrogen-bond acceptors (Lipinski definition) is 1. The van der Waals surface area contributed by atoms with Crippen molar-refractivity contribution in [3.63, 3.8) is 0 Å². The molecule has 0 saturated carbocycles. The third kappa shape index (κ3) is 2.17. The zero-order valence-corrected chi connectivity index (χ0v) is 10.2. The zero-order valence-electron chi connectivity index (χ0n) is 10.2. The molecule has 0 saturated heterocycles. The first kappa shape index (κ1) is 11.3. The molecule has 2 nitrogen and oxygen atoms in total. The maximum atomic E-state index is 4.65. The fraction of sp³-hybridized carbons (Fsp3) is 0.750. The molecule has 0 unspecified atom stereocenters. The maximum Gasteiger partial charge on any atom is 0.0653 e. The number of rotatable bonds is 3. The molecule has 1 aromatic heterocycles. The molecular formula is C12H22N2. The summed E-state index contributed by atoms with van der Waals surface area (Å²) in [6.07, 6.45) is 0. The molecule has 0 amide bonds. The molecule has 0 bridgehead atoms. The van der Waals surface area contributed by atoms with Gasteiger partial charge in [-0.1, -0.05) is 27.7 Å². The van der Waals surface area contributed by atoms with E-state index in [-0.39, 0.29) is 0 Å². The van der Waals surface area contributed by atoms with Gasteiger partial charge in [-0.2, -0.15) is 5.10 Å². The highest BCUT2D eigenvalue weighted by Crippen LogP contribution is 2.23. The predicted octanol–water partition coefficient (Wildman–Crippen LogP) is 3.71. The van der Waals surface area contributed by atoms with Crippen molar-refractivity contribution < 1.29 is 0 Å². The van der Waals surface area contributed by atoms with Crippen molar-refractivity contribution in [3.8, 4) is 0 Å². The van der Waals surface area contributed by atoms with Crippen LogP contribution in [0.3, 0.4) is 0 Å². The Hall–Kier alpha value is -0.790. The first-order chi connectivity index (χ1) is 6.43. The van der Waals surface area contributed by atoms with Gasteiger partial charge in [0.15, 0.2) is 0 Å². The SMILES string of the molecule is CC(C)c1cc(C(C)C)n(C(C)C)n1. The lowest BCUT2D eigenvalue weighted by Gasteiger charge is -2.12. The molecule has 2 heteroatoms. The average molecular weight is 194 g/mol. The summed E-state index contributed by atoms with van der Waals surface area (Å²) < 4.78 is 2.15. The second-order valence-electron chi connectivity index (χ2n) is 4.84. The molecule has 0 spiro atoms. The van der Waals surface area contributed by atoms with E-state index in [4.69, 9.17) is 0 Å². The molecular weight excluding hydrogens is 172 g/mol. The van der Waals surface area contributed by atoms with E-state index in [0.29, 0.717) is 17.9 Å². The molecule has 0 aliphatic carbocycles. The quantitative estimate of drug-likeness (QED) is 0.717. The third-order valence-corrected chi connectivity index (χ3v) is 2.46. The van der Waals surface area contributed by atoms with E-state index in [1.807, 2.05) is 0 Å². The summed E-state index contributed by atoms with van der Waals surface area (Å²) in [6, 6.07) is 2.70. The van der Waals surface area contributed by atoms with E-state index < -0.39 is 0 Å². The lowest BCUT2D eigenvalue weighted by atomic mass is 10.1. The summed E-state index contributed by atoms with van der Waals surface area (Å²) in [7, 11) is 0. The number of hydrogen-bond donors (Lipinski definition) is 0. The Morgan fingerprint density at radius 1 is 1.00 bits per heavy atom. The Morgan fingerprint density at radius 2 is 1.57 bits per heavy atom. The summed E-state index contributed by atoms with van der Waals surface area (Å²) in [6.45, 7) is 13.2. The van der Waals surface area contributed by atoms with Gasteiger partial charge >= 0.3 is 0 Å². The van der Waals surface area contributed by atoms with Crippen LogP contribution < -0.4 is 0 Å². The van der Waals surface area contributed by atoms with E-state index in [0.717, 1.165) is 0 Å². The molecule has 1 rings (SSSR count). The number of nitrogens with zero attached hydrogens (tertiary/aromatic N) is 2. The highest BCUT2D eigenvalue weighted by Gasteiger charge is 2.14. The maximum absolute atomic E-state index is 4.65. The van der Waals surface area contributed by atoms with E-state index >= 15 is 0 Å². The third-order valence-electron chi connectivity index (χ3n) is 2.46. The van der Waals surface area contributed by atoms with Crippen LogP contribution in [0.5, 0.6) is 0 Å². The topological polar surface area (TPSA) is 17.8 Å². The highest BCUT2D eigenvalue weighted by molar-refractivity contribution is 5.16. The van der Waals surface area contributed by atoms with Crippen molar-refractivity contribution in [3.05, 3.63) is 17.5 Å². The zero-order chi connectivity index (χ0) is 10.9. The van der Waals surface area contributed by atoms with Gasteiger partial charge in [0, 0.05) is 11.7 Å². The van der Waals surface area contributed by atoms with Gasteiger partial charge in [-0.05, 0) is 31.7 Å². The first-order valence-corrected chi connectivity index (χ1v) is 5.52. The summed E-state index contributed by atoms with van der Waals surface area (Å²) in [5, 5.41) is 4.65. The van der Waals surface area contributed by atoms with Crippen LogP contribution in [-0.4, -0.2) is 9.78 Å². The van der Waals surface area contributed by atoms with Crippen LogP contribution in [0.4, 0.5) is 0 Å². The lowest BCUT2D eigenvalue weighted by molar-refractivity contribution is 0.491. The molecule has 0 radical (unpaired) electrons. The van der Waals surface area contributed by atoms with Crippen LogP contribution in [0.2, 0.25) is 0 Å². The minimum absolute atomic E-state index is 0.458. The molecule has 0 aliphatic heterocycles. The van der Waals surface area contributed by atoms with Gasteiger partial charge < -0.3 is 0 Å². The van der Waals surface area contributed by atoms with Gasteiger partial charge in [0.25, 0.3) is 0 Å². The fourth-order valence-corrected chi connectivity index (χ4v) is 1.56. The van der Waals surface area contributed by atoms with E-state index in [9.17, 15) is 0 Å². The predicted molar refractivity (Wildman–Crippen MR) is 60.8 cm³/mol. The van der Waals surface area contributed by atoms with Crippen molar-refractivity contribution in [2.75, 3.05) is 0 Å². The lowest BCUT2D eigenvalue weighted by Crippen LogP contribution is -2.08. The monoisotopic (exact) mass is 194 g/mol. The summed E-state index contributed by atoms with van der Waals surface area (Å²) >= 11 is 0. The second kappa shape index (κ2) is 4.16. The smallest absolute Gasteiger partial charge is 0.0653 e. The van der Waals surface area contributed by atoms with Crippen molar-refractivity contribution in [1.29, 1.82) is 0 Å². The van der Waals surface area contributed by atoms with Gasteiger partial charge in [-0.15, -0.1) is 0 Å². The van der Waals surface area contributed by atoms with Crippen LogP contribution in [0, 0.1) is 0 Å². The molecule has 80 valence electrons. The van der Waals surface area contributed by atoms with Crippen LogP contribution >= 0.6 is 0 Å². The van der Waals surface area contributed by atoms with E-state index in [1.54, 1.807) is 0 Å². The van der Waals surface area contributed by atoms with Crippen molar-refractivity contribution in [2.24, 2.45) is 0 Å². The standard InChI is InChI=1S/C12H22N2/c1-8(2)11-7-12(9(3)4)14(13-11)10(5)6/h7-10H,1-6H3. The molecule has 14 heavy (non-hydrogen) atoms. The minimum atomic E-state index is 0.458. The van der Waals surface area contributed by atoms with Crippen molar-refractivity contribution >= 4 is 0 Å². The van der Waals surface area contributed by atoms with Crippen LogP contribution in [0.1, 0.15) is 70.8 Å². The van der Waals surface area contributed by atoms with Gasteiger partial charge in [-0.3, -0.25) is 4.68 Å². The van der Waals surface area contributed by atoms with Crippen molar-refractivity contribution in [1.82, 2.24) is 9.78 Å². The van der Waals surface area contributed by atoms with Gasteiger partial charge in [-0.25, -0.2) is 0 Å². The summed E-state index contributed by atoms with van der Waals surface area (Å²) in [4.78, 5) is 0. The average Bonchev–Trinajstić information content (AvgIpc) is 2.47. The number of aromatic nitrogens is 2. The Labute approximate surface area is 87.3 Å². The normalized spacial score (nSPS) is 12.1. The molecule has 1 aromatic rings. The Bertz CT molecular complexity index is 270. The van der Waals surface area contributed by atoms with Gasteiger partial charge in [0.2, 0.25) is 0 Å². The Kier molecular flexibility index (Phi) is 3.35. The van der Waals surface area contributed by atoms with E-state index in [1.165, 1.54) is 11.4 Å². The van der Waals surface area contributed by atoms with Crippen LogP contribution in [-0.2, 0) is 0 Å². The van der Waals surface area contributed by atoms with Crippen LogP contribution in [0.25, 0.3) is 0 Å². The second-order valence-corrected chi connectivity index (χ2v) is 4.84. The first-order valence-electron chi connectivity index (χ1n) is 5.52. The van der Waals surface area contributed by atoms with Gasteiger partial charge in [0.05, 0.1) is 5.69 Å². The van der Waals surface area contributed by atoms with E-state index in [2.05, 4.69) is 57.4 Å². The van der Waals surface area contributed by atoms with Gasteiger partial charge in [0.1, 0.15) is 0 Å². The largest absolute Gasteiger partial charge is 0.267 e.